The largest absolute Gasteiger partial charge is 0.393 e. The van der Waals surface area contributed by atoms with Crippen molar-refractivity contribution in [2.75, 3.05) is 0 Å². The van der Waals surface area contributed by atoms with E-state index in [-0.39, 0.29) is 18.1 Å². The molecule has 3 nitrogen and oxygen atoms in total. The minimum absolute atomic E-state index is 0.00870. The minimum atomic E-state index is -0.237. The number of aliphatic hydroxyl groups excluding tert-OH is 1. The highest BCUT2D eigenvalue weighted by Crippen LogP contribution is 2.31. The van der Waals surface area contributed by atoms with E-state index in [1.807, 2.05) is 31.2 Å². The number of rotatable bonds is 2. The highest BCUT2D eigenvalue weighted by Gasteiger charge is 2.29. The second-order valence-electron chi connectivity index (χ2n) is 4.85. The van der Waals surface area contributed by atoms with E-state index in [2.05, 4.69) is 5.32 Å². The molecule has 2 N–H and O–H groups in total. The van der Waals surface area contributed by atoms with Gasteiger partial charge in [-0.25, -0.2) is 0 Å². The molecule has 1 fully saturated rings. The predicted octanol–water partition coefficient (Wildman–Crippen LogP) is 2.46. The quantitative estimate of drug-likeness (QED) is 0.872. The van der Waals surface area contributed by atoms with Crippen LogP contribution in [0.15, 0.2) is 24.3 Å². The first-order chi connectivity index (χ1) is 8.65. The Labute approximate surface area is 109 Å². The molecular weight excluding hydrogens is 246 g/mol. The van der Waals surface area contributed by atoms with Crippen molar-refractivity contribution in [2.24, 2.45) is 0 Å². The van der Waals surface area contributed by atoms with E-state index in [0.29, 0.717) is 12.8 Å². The van der Waals surface area contributed by atoms with E-state index < -0.39 is 0 Å². The van der Waals surface area contributed by atoms with Gasteiger partial charge in [-0.3, -0.25) is 4.79 Å². The molecule has 0 saturated heterocycles. The smallest absolute Gasteiger partial charge is 0.261 e. The topological polar surface area (TPSA) is 49.3 Å². The van der Waals surface area contributed by atoms with Crippen molar-refractivity contribution in [1.82, 2.24) is 5.32 Å². The molecule has 2 aromatic rings. The first kappa shape index (κ1) is 11.7. The van der Waals surface area contributed by atoms with Gasteiger partial charge in [0.1, 0.15) is 0 Å². The minimum Gasteiger partial charge on any atom is -0.393 e. The molecule has 18 heavy (non-hydrogen) atoms. The van der Waals surface area contributed by atoms with Crippen LogP contribution in [0.1, 0.15) is 28.1 Å². The summed E-state index contributed by atoms with van der Waals surface area (Å²) in [6.45, 7) is 1.99. The fourth-order valence-electron chi connectivity index (χ4n) is 2.35. The normalized spacial score (nSPS) is 22.8. The number of benzene rings is 1. The molecule has 0 radical (unpaired) electrons. The van der Waals surface area contributed by atoms with Gasteiger partial charge in [-0.1, -0.05) is 18.2 Å². The van der Waals surface area contributed by atoms with E-state index in [1.54, 1.807) is 0 Å². The summed E-state index contributed by atoms with van der Waals surface area (Å²) in [7, 11) is 0. The van der Waals surface area contributed by atoms with E-state index in [1.165, 1.54) is 11.3 Å². The number of amides is 1. The zero-order valence-corrected chi connectivity index (χ0v) is 11.0. The number of aryl methyl sites for hydroxylation is 1. The van der Waals surface area contributed by atoms with Crippen LogP contribution in [-0.2, 0) is 0 Å². The zero-order chi connectivity index (χ0) is 12.7. The summed E-state index contributed by atoms with van der Waals surface area (Å²) in [5, 5.41) is 13.4. The summed E-state index contributed by atoms with van der Waals surface area (Å²) >= 11 is 1.53. The average molecular weight is 261 g/mol. The Morgan fingerprint density at radius 1 is 1.39 bits per heavy atom. The van der Waals surface area contributed by atoms with Gasteiger partial charge >= 0.3 is 0 Å². The lowest BCUT2D eigenvalue weighted by atomic mass is 9.89. The van der Waals surface area contributed by atoms with Gasteiger partial charge in [0.05, 0.1) is 11.0 Å². The fourth-order valence-corrected chi connectivity index (χ4v) is 3.46. The van der Waals surface area contributed by atoms with Gasteiger partial charge in [0.2, 0.25) is 0 Å². The van der Waals surface area contributed by atoms with Crippen molar-refractivity contribution in [3.05, 3.63) is 34.7 Å². The molecule has 4 heteroatoms. The number of aliphatic hydroxyl groups is 1. The molecule has 0 bridgehead atoms. The summed E-state index contributed by atoms with van der Waals surface area (Å²) in [5.41, 5.74) is 1.05. The van der Waals surface area contributed by atoms with Crippen LogP contribution in [0.25, 0.3) is 10.1 Å². The van der Waals surface area contributed by atoms with Crippen LogP contribution in [0.5, 0.6) is 0 Å². The van der Waals surface area contributed by atoms with Crippen LogP contribution < -0.4 is 5.32 Å². The zero-order valence-electron chi connectivity index (χ0n) is 10.1. The SMILES string of the molecule is Cc1c(C(=O)NC2CC(O)C2)sc2ccccc12. The van der Waals surface area contributed by atoms with E-state index in [0.717, 1.165) is 20.5 Å². The standard InChI is InChI=1S/C14H15NO2S/c1-8-11-4-2-3-5-12(11)18-13(8)14(17)15-9-6-10(16)7-9/h2-5,9-10,16H,6-7H2,1H3,(H,15,17). The van der Waals surface area contributed by atoms with Crippen LogP contribution in [0.2, 0.25) is 0 Å². The van der Waals surface area contributed by atoms with Crippen molar-refractivity contribution >= 4 is 27.3 Å². The van der Waals surface area contributed by atoms with E-state index in [4.69, 9.17) is 0 Å². The first-order valence-electron chi connectivity index (χ1n) is 6.12. The van der Waals surface area contributed by atoms with Crippen molar-refractivity contribution in [3.8, 4) is 0 Å². The lowest BCUT2D eigenvalue weighted by molar-refractivity contribution is 0.0564. The van der Waals surface area contributed by atoms with Crippen LogP contribution in [0, 0.1) is 6.92 Å². The van der Waals surface area contributed by atoms with Gasteiger partial charge in [0.25, 0.3) is 5.91 Å². The Kier molecular flexibility index (Phi) is 2.84. The third-order valence-corrected chi connectivity index (χ3v) is 4.77. The summed E-state index contributed by atoms with van der Waals surface area (Å²) < 4.78 is 1.15. The summed E-state index contributed by atoms with van der Waals surface area (Å²) in [6, 6.07) is 8.20. The van der Waals surface area contributed by atoms with Crippen molar-refractivity contribution in [3.63, 3.8) is 0 Å². The molecule has 1 amide bonds. The number of nitrogens with one attached hydrogen (secondary N) is 1. The van der Waals surface area contributed by atoms with Gasteiger partial charge in [-0.2, -0.15) is 0 Å². The maximum Gasteiger partial charge on any atom is 0.261 e. The Bertz CT molecular complexity index is 599. The highest BCUT2D eigenvalue weighted by atomic mass is 32.1. The summed E-state index contributed by atoms with van der Waals surface area (Å²) in [4.78, 5) is 13.0. The molecule has 0 spiro atoms. The van der Waals surface area contributed by atoms with Crippen molar-refractivity contribution in [1.29, 1.82) is 0 Å². The van der Waals surface area contributed by atoms with Crippen molar-refractivity contribution in [2.45, 2.75) is 31.9 Å². The van der Waals surface area contributed by atoms with Crippen LogP contribution in [-0.4, -0.2) is 23.2 Å². The maximum atomic E-state index is 12.2. The number of carbonyl (C=O) groups excluding carboxylic acids is 1. The summed E-state index contributed by atoms with van der Waals surface area (Å²) in [6.07, 6.45) is 1.12. The van der Waals surface area contributed by atoms with Crippen molar-refractivity contribution < 1.29 is 9.90 Å². The second-order valence-corrected chi connectivity index (χ2v) is 5.90. The van der Waals surface area contributed by atoms with Gasteiger partial charge in [-0.15, -0.1) is 11.3 Å². The number of thiophene rings is 1. The molecule has 3 rings (SSSR count). The Morgan fingerprint density at radius 3 is 2.78 bits per heavy atom. The lowest BCUT2D eigenvalue weighted by Crippen LogP contribution is -2.46. The predicted molar refractivity (Wildman–Crippen MR) is 73.1 cm³/mol. The van der Waals surface area contributed by atoms with Crippen LogP contribution >= 0.6 is 11.3 Å². The van der Waals surface area contributed by atoms with E-state index in [9.17, 15) is 9.90 Å². The van der Waals surface area contributed by atoms with Gasteiger partial charge < -0.3 is 10.4 Å². The number of carbonyl (C=O) groups is 1. The van der Waals surface area contributed by atoms with Crippen LogP contribution in [0.3, 0.4) is 0 Å². The van der Waals surface area contributed by atoms with Crippen LogP contribution in [0.4, 0.5) is 0 Å². The molecule has 0 unspecified atom stereocenters. The lowest BCUT2D eigenvalue weighted by Gasteiger charge is -2.31. The second kappa shape index (κ2) is 4.37. The summed E-state index contributed by atoms with van der Waals surface area (Å²) in [5.74, 6) is -0.00870. The average Bonchev–Trinajstić information content (AvgIpc) is 2.66. The Morgan fingerprint density at radius 2 is 2.11 bits per heavy atom. The molecule has 1 aliphatic carbocycles. The molecule has 0 atom stereocenters. The molecule has 1 heterocycles. The molecule has 94 valence electrons. The van der Waals surface area contributed by atoms with E-state index >= 15 is 0 Å². The van der Waals surface area contributed by atoms with Gasteiger partial charge in [-0.05, 0) is 36.8 Å². The Hall–Kier alpha value is -1.39. The van der Waals surface area contributed by atoms with Gasteiger partial charge in [0, 0.05) is 10.7 Å². The number of hydrogen-bond donors (Lipinski definition) is 2. The molecule has 1 aliphatic rings. The fraction of sp³-hybridized carbons (Fsp3) is 0.357. The monoisotopic (exact) mass is 261 g/mol. The maximum absolute atomic E-state index is 12.2. The number of fused-ring (bicyclic) bond motifs is 1. The highest BCUT2D eigenvalue weighted by molar-refractivity contribution is 7.21. The van der Waals surface area contributed by atoms with Gasteiger partial charge in [0.15, 0.2) is 0 Å². The first-order valence-corrected chi connectivity index (χ1v) is 6.94. The molecule has 1 aromatic carbocycles. The molecule has 0 aliphatic heterocycles. The molecular formula is C14H15NO2S. The third-order valence-electron chi connectivity index (χ3n) is 3.50. The third kappa shape index (κ3) is 1.91. The molecule has 1 aromatic heterocycles. The Balaban J connectivity index is 1.85. The number of hydrogen-bond acceptors (Lipinski definition) is 3. The molecule has 1 saturated carbocycles.